The number of amides is 2. The van der Waals surface area contributed by atoms with E-state index in [1.165, 1.54) is 0 Å². The summed E-state index contributed by atoms with van der Waals surface area (Å²) in [5.74, 6) is -1.67. The number of ketones is 1. The van der Waals surface area contributed by atoms with Gasteiger partial charge in [0.2, 0.25) is 11.8 Å². The zero-order valence-electron chi connectivity index (χ0n) is 53.5. The lowest BCUT2D eigenvalue weighted by atomic mass is 9.42. The first-order valence-electron chi connectivity index (χ1n) is 32.1. The third-order valence-electron chi connectivity index (χ3n) is 21.8. The average molecular weight is 1320 g/mol. The number of allylic oxidation sites excluding steroid dienone is 2. The van der Waals surface area contributed by atoms with Crippen LogP contribution in [-0.4, -0.2) is 292 Å². The molecular weight excluding hydrogens is 1220 g/mol. The van der Waals surface area contributed by atoms with Crippen molar-refractivity contribution in [2.24, 2.45) is 34.0 Å². The van der Waals surface area contributed by atoms with E-state index in [1.54, 1.807) is 6.08 Å². The molecule has 0 aromatic heterocycles. The fourth-order valence-corrected chi connectivity index (χ4v) is 16.9. The minimum Gasteiger partial charge on any atom is -0.394 e. The van der Waals surface area contributed by atoms with Gasteiger partial charge in [0.25, 0.3) is 0 Å². The van der Waals surface area contributed by atoms with Crippen molar-refractivity contribution in [1.29, 1.82) is 0 Å². The van der Waals surface area contributed by atoms with Crippen LogP contribution in [0.15, 0.2) is 22.8 Å². The molecule has 0 radical (unpaired) electrons. The molecule has 3 saturated carbocycles. The second kappa shape index (κ2) is 28.9. The van der Waals surface area contributed by atoms with Crippen molar-refractivity contribution in [2.45, 2.75) is 279 Å². The molecule has 32 atom stereocenters. The van der Waals surface area contributed by atoms with Gasteiger partial charge in [-0.25, -0.2) is 0 Å². The Bertz CT molecular complexity index is 2630. The highest BCUT2D eigenvalue weighted by molar-refractivity contribution is 5.90. The van der Waals surface area contributed by atoms with Gasteiger partial charge in [0.1, 0.15) is 116 Å². The molecule has 0 spiro atoms. The number of hydrogen-bond acceptors (Lipinski definition) is 28. The van der Waals surface area contributed by atoms with E-state index in [4.69, 9.17) is 47.4 Å². The predicted octanol–water partition coefficient (Wildman–Crippen LogP) is -4.60. The minimum atomic E-state index is -2.01. The van der Waals surface area contributed by atoms with Crippen LogP contribution in [-0.2, 0) is 61.8 Å². The fourth-order valence-electron chi connectivity index (χ4n) is 16.9. The number of hydrogen-bond donors (Lipinski definition) is 17. The minimum absolute atomic E-state index is 0.00626. The average Bonchev–Trinajstić information content (AvgIpc) is 0.905. The van der Waals surface area contributed by atoms with Crippen LogP contribution in [0.1, 0.15) is 114 Å². The Morgan fingerprint density at radius 1 is 0.598 bits per heavy atom. The highest BCUT2D eigenvalue weighted by atomic mass is 16.8. The molecule has 8 fully saturated rings. The number of carbonyl (C=O) groups is 3. The molecule has 0 unspecified atom stereocenters. The van der Waals surface area contributed by atoms with Gasteiger partial charge < -0.3 is 135 Å². The van der Waals surface area contributed by atoms with Crippen molar-refractivity contribution < 1.29 is 138 Å². The first-order chi connectivity index (χ1) is 43.2. The first-order valence-corrected chi connectivity index (χ1v) is 32.1. The summed E-state index contributed by atoms with van der Waals surface area (Å²) in [5, 5.41) is 173. The smallest absolute Gasteiger partial charge is 0.217 e. The summed E-state index contributed by atoms with van der Waals surface area (Å²) in [5.41, 5.74) is -0.732. The topological polar surface area (TPSA) is 471 Å². The standard InChI is InChI=1S/C62H100N2O28/c1-24(2)16-28(70)17-25(3)30-18-31(71)39-29-10-11-37-59(6,7)38(12-13-61(37,9)62(29,82)15-14-60(30,39)8)90-58-52(46(76)36(23-84-58)89-54-40(63-26(4)68)47(77)42(72)32(19-65)85-54)91-55-41(64-27(5)69)48(78)45(75)35(88-55)22-83-57-53(50(80)44(74)34(21-67)87-57)92-56-51(81)49(79)43(73)33(20-66)86-56/h16,25,30-38,40-58,65-67,71-82H,10-15,17-23H2,1-9H3,(H,63,68)(H,64,69)/t25-,30-,31+,32-,33-,34-,35-,36-,37+,38+,40-,41-,42+,43-,44-,45-,46+,47-,48-,49+,50+,51-,52-,53-,54+,55+,56+,57-,58+,60-,61+,62-/m1/s1. The summed E-state index contributed by atoms with van der Waals surface area (Å²) in [6.45, 7) is 12.4. The largest absolute Gasteiger partial charge is 0.394 e. The fraction of sp³-hybridized carbons (Fsp3) is 0.887. The molecule has 2 amide bonds. The van der Waals surface area contributed by atoms with Gasteiger partial charge in [0.15, 0.2) is 37.2 Å². The Hall–Kier alpha value is -2.91. The number of ether oxygens (including phenoxy) is 10. The lowest BCUT2D eigenvalue weighted by Crippen LogP contribution is -2.69. The van der Waals surface area contributed by atoms with Crippen LogP contribution in [0.4, 0.5) is 0 Å². The van der Waals surface area contributed by atoms with E-state index in [0.29, 0.717) is 51.4 Å². The molecule has 17 N–H and O–H groups in total. The maximum absolute atomic E-state index is 13.4. The molecule has 92 heavy (non-hydrogen) atoms. The maximum atomic E-state index is 13.4. The molecule has 0 aromatic carbocycles. The monoisotopic (exact) mass is 1320 g/mol. The van der Waals surface area contributed by atoms with Crippen LogP contribution in [0.5, 0.6) is 0 Å². The normalized spacial score (nSPS) is 48.1. The Morgan fingerprint density at radius 3 is 1.71 bits per heavy atom. The lowest BCUT2D eigenvalue weighted by molar-refractivity contribution is -0.380. The number of aliphatic hydroxyl groups is 15. The molecule has 4 aliphatic carbocycles. The highest BCUT2D eigenvalue weighted by Gasteiger charge is 2.68. The Kier molecular flexibility index (Phi) is 23.0. The Morgan fingerprint density at radius 2 is 1.12 bits per heavy atom. The molecule has 30 heteroatoms. The second-order valence-corrected chi connectivity index (χ2v) is 28.4. The number of carbonyl (C=O) groups excluding carboxylic acids is 3. The van der Waals surface area contributed by atoms with E-state index in [2.05, 4.69) is 31.4 Å². The van der Waals surface area contributed by atoms with Gasteiger partial charge in [0, 0.05) is 25.7 Å². The lowest BCUT2D eigenvalue weighted by Gasteiger charge is -2.65. The van der Waals surface area contributed by atoms with Crippen molar-refractivity contribution in [1.82, 2.24) is 10.6 Å². The van der Waals surface area contributed by atoms with Crippen LogP contribution in [0.3, 0.4) is 0 Å². The highest BCUT2D eigenvalue weighted by Crippen LogP contribution is 2.70. The van der Waals surface area contributed by atoms with E-state index in [1.807, 2.05) is 27.7 Å². The zero-order chi connectivity index (χ0) is 67.6. The SMILES string of the molecule is CC(=O)N[C@H]1[C@H](O[C@@H]2CO[C@@H](O[C@H]3CC[C@@]4(C)[C@@H](CCC5=C6[C@@H](O)C[C@H]([C@H](C)CC(=O)C=C(C)C)[C@@]6(C)CC[C@@]54O)C3(C)C)[C@H](O[C@@H]3O[C@H](CO[C@@H]4O[C@H](CO)[C@@H](O)[C@H](O)[C@H]4O[C@@H]4O[C@H](CO)[C@@H](O)[C@H](O)[C@H]4O)[C@@H](O)[C@H](O)[C@H]3NC(C)=O)[C@H]2O)O[C@H](CO)[C@H](O)[C@@H]1O. The van der Waals surface area contributed by atoms with E-state index in [9.17, 15) is 91.0 Å². The van der Waals surface area contributed by atoms with Crippen molar-refractivity contribution >= 4 is 17.6 Å². The van der Waals surface area contributed by atoms with Gasteiger partial charge in [-0.3, -0.25) is 14.4 Å². The van der Waals surface area contributed by atoms with Crippen LogP contribution in [0, 0.1) is 34.0 Å². The van der Waals surface area contributed by atoms with Gasteiger partial charge in [-0.05, 0) is 105 Å². The predicted molar refractivity (Wildman–Crippen MR) is 312 cm³/mol. The molecular formula is C62H100N2O28. The summed E-state index contributed by atoms with van der Waals surface area (Å²) in [6, 6.07) is -3.15. The van der Waals surface area contributed by atoms with E-state index >= 15 is 0 Å². The molecule has 0 aromatic rings. The van der Waals surface area contributed by atoms with Crippen molar-refractivity contribution in [3.63, 3.8) is 0 Å². The quantitative estimate of drug-likeness (QED) is 0.0310. The van der Waals surface area contributed by atoms with Gasteiger partial charge in [-0.15, -0.1) is 0 Å². The molecule has 0 bridgehead atoms. The van der Waals surface area contributed by atoms with Gasteiger partial charge >= 0.3 is 0 Å². The number of aliphatic hydroxyl groups excluding tert-OH is 14. The third-order valence-corrected chi connectivity index (χ3v) is 21.8. The van der Waals surface area contributed by atoms with Gasteiger partial charge in [0.05, 0.1) is 50.8 Å². The maximum Gasteiger partial charge on any atom is 0.217 e. The number of rotatable bonds is 20. The Labute approximate surface area is 533 Å². The summed E-state index contributed by atoms with van der Waals surface area (Å²) >= 11 is 0. The van der Waals surface area contributed by atoms with Gasteiger partial charge in [-0.1, -0.05) is 40.2 Å². The zero-order valence-corrected chi connectivity index (χ0v) is 53.5. The summed E-state index contributed by atoms with van der Waals surface area (Å²) in [7, 11) is 0. The molecule has 30 nitrogen and oxygen atoms in total. The molecule has 5 saturated heterocycles. The van der Waals surface area contributed by atoms with Crippen molar-refractivity contribution in [2.75, 3.05) is 33.0 Å². The van der Waals surface area contributed by atoms with E-state index in [-0.39, 0.29) is 23.5 Å². The van der Waals surface area contributed by atoms with E-state index < -0.39 is 226 Å². The molecule has 9 aliphatic rings. The third kappa shape index (κ3) is 13.8. The summed E-state index contributed by atoms with van der Waals surface area (Å²) < 4.78 is 61.6. The Balaban J connectivity index is 1.000. The molecule has 526 valence electrons. The summed E-state index contributed by atoms with van der Waals surface area (Å²) in [4.78, 5) is 38.5. The van der Waals surface area contributed by atoms with Crippen LogP contribution in [0.25, 0.3) is 0 Å². The van der Waals surface area contributed by atoms with Crippen LogP contribution < -0.4 is 10.6 Å². The summed E-state index contributed by atoms with van der Waals surface area (Å²) in [6.07, 6.45) is -35.5. The second-order valence-electron chi connectivity index (χ2n) is 28.4. The van der Waals surface area contributed by atoms with Crippen LogP contribution >= 0.6 is 0 Å². The molecule has 5 aliphatic heterocycles. The van der Waals surface area contributed by atoms with Crippen LogP contribution in [0.2, 0.25) is 0 Å². The van der Waals surface area contributed by atoms with E-state index in [0.717, 1.165) is 30.6 Å². The molecule has 5 heterocycles. The number of fused-ring (bicyclic) bond motifs is 4. The molecule has 9 rings (SSSR count). The first kappa shape index (κ1) is 73.3. The van der Waals surface area contributed by atoms with Gasteiger partial charge in [-0.2, -0.15) is 0 Å². The van der Waals surface area contributed by atoms with Crippen molar-refractivity contribution in [3.05, 3.63) is 22.8 Å². The van der Waals surface area contributed by atoms with Crippen molar-refractivity contribution in [3.8, 4) is 0 Å². The number of nitrogens with one attached hydrogen (secondary N) is 2.